The van der Waals surface area contributed by atoms with E-state index in [0.717, 1.165) is 6.54 Å². The van der Waals surface area contributed by atoms with Gasteiger partial charge in [0, 0.05) is 12.6 Å². The zero-order valence-corrected chi connectivity index (χ0v) is 8.27. The van der Waals surface area contributed by atoms with Gasteiger partial charge >= 0.3 is 0 Å². The molecule has 1 heterocycles. The van der Waals surface area contributed by atoms with Crippen LogP contribution in [0.25, 0.3) is 0 Å². The highest BCUT2D eigenvalue weighted by molar-refractivity contribution is 5.86. The van der Waals surface area contributed by atoms with Gasteiger partial charge in [-0.05, 0) is 19.8 Å². The lowest BCUT2D eigenvalue weighted by Crippen LogP contribution is -2.65. The van der Waals surface area contributed by atoms with Crippen molar-refractivity contribution in [3.63, 3.8) is 0 Å². The van der Waals surface area contributed by atoms with E-state index in [9.17, 15) is 4.79 Å². The number of piperazine rings is 1. The fraction of sp³-hybridized carbons (Fsp3) is 0.889. The Morgan fingerprint density at radius 3 is 2.50 bits per heavy atom. The average Bonchev–Trinajstić information content (AvgIpc) is 1.94. The Labute approximate surface area is 73.9 Å². The summed E-state index contributed by atoms with van der Waals surface area (Å²) in [6.45, 7) is 8.91. The number of hydrogen-bond donors (Lipinski definition) is 2. The molecule has 1 saturated heterocycles. The van der Waals surface area contributed by atoms with Crippen LogP contribution >= 0.6 is 0 Å². The first-order chi connectivity index (χ1) is 5.43. The summed E-state index contributed by atoms with van der Waals surface area (Å²) in [5, 5.41) is 6.23. The Hall–Kier alpha value is -0.570. The first kappa shape index (κ1) is 9.52. The summed E-state index contributed by atoms with van der Waals surface area (Å²) in [6, 6.07) is 0.283. The molecule has 0 unspecified atom stereocenters. The van der Waals surface area contributed by atoms with Crippen molar-refractivity contribution in [2.45, 2.75) is 39.3 Å². The molecule has 12 heavy (non-hydrogen) atoms. The molecule has 1 fully saturated rings. The molecule has 1 aliphatic heterocycles. The van der Waals surface area contributed by atoms with E-state index in [1.54, 1.807) is 0 Å². The predicted octanol–water partition coefficient (Wildman–Crippen LogP) is 0.509. The topological polar surface area (TPSA) is 41.1 Å². The minimum absolute atomic E-state index is 0.104. The van der Waals surface area contributed by atoms with Gasteiger partial charge in [0.2, 0.25) is 5.91 Å². The largest absolute Gasteiger partial charge is 0.350 e. The van der Waals surface area contributed by atoms with Crippen molar-refractivity contribution in [3.05, 3.63) is 0 Å². The van der Waals surface area contributed by atoms with Crippen molar-refractivity contribution in [1.82, 2.24) is 10.6 Å². The van der Waals surface area contributed by atoms with Gasteiger partial charge in [0.05, 0.1) is 5.54 Å². The minimum Gasteiger partial charge on any atom is -0.350 e. The summed E-state index contributed by atoms with van der Waals surface area (Å²) >= 11 is 0. The van der Waals surface area contributed by atoms with Gasteiger partial charge in [-0.25, -0.2) is 0 Å². The first-order valence-corrected chi connectivity index (χ1v) is 4.49. The SMILES string of the molecule is CC(C)[C@H]1CNC(C)(C)C(=O)N1. The summed E-state index contributed by atoms with van der Waals surface area (Å²) in [5.41, 5.74) is -0.397. The van der Waals surface area contributed by atoms with Crippen molar-refractivity contribution in [1.29, 1.82) is 0 Å². The molecule has 0 radical (unpaired) electrons. The molecule has 0 bridgehead atoms. The van der Waals surface area contributed by atoms with Crippen LogP contribution in [0.2, 0.25) is 0 Å². The van der Waals surface area contributed by atoms with E-state index in [2.05, 4.69) is 24.5 Å². The van der Waals surface area contributed by atoms with Crippen molar-refractivity contribution in [2.75, 3.05) is 6.54 Å². The van der Waals surface area contributed by atoms with E-state index in [4.69, 9.17) is 0 Å². The second-order valence-electron chi connectivity index (χ2n) is 4.33. The van der Waals surface area contributed by atoms with E-state index < -0.39 is 5.54 Å². The normalized spacial score (nSPS) is 28.8. The molecule has 0 saturated carbocycles. The molecule has 0 aromatic carbocycles. The Bertz CT molecular complexity index is 187. The number of hydrogen-bond acceptors (Lipinski definition) is 2. The standard InChI is InChI=1S/C9H18N2O/c1-6(2)7-5-10-9(3,4)8(12)11-7/h6-7,10H,5H2,1-4H3,(H,11,12)/t7-/m1/s1. The lowest BCUT2D eigenvalue weighted by Gasteiger charge is -2.37. The molecule has 0 aromatic heterocycles. The van der Waals surface area contributed by atoms with Crippen LogP contribution in [0.5, 0.6) is 0 Å². The lowest BCUT2D eigenvalue weighted by atomic mass is 9.95. The van der Waals surface area contributed by atoms with Crippen molar-refractivity contribution >= 4 is 5.91 Å². The monoisotopic (exact) mass is 170 g/mol. The molecule has 1 aliphatic rings. The fourth-order valence-corrected chi connectivity index (χ4v) is 1.25. The van der Waals surface area contributed by atoms with Crippen LogP contribution in [0.15, 0.2) is 0 Å². The maximum absolute atomic E-state index is 11.5. The maximum Gasteiger partial charge on any atom is 0.240 e. The zero-order valence-electron chi connectivity index (χ0n) is 8.27. The molecule has 1 amide bonds. The second-order valence-corrected chi connectivity index (χ2v) is 4.33. The van der Waals surface area contributed by atoms with Gasteiger partial charge in [0.15, 0.2) is 0 Å². The van der Waals surface area contributed by atoms with E-state index in [0.29, 0.717) is 5.92 Å². The lowest BCUT2D eigenvalue weighted by molar-refractivity contribution is -0.129. The fourth-order valence-electron chi connectivity index (χ4n) is 1.25. The van der Waals surface area contributed by atoms with Gasteiger partial charge in [0.1, 0.15) is 0 Å². The van der Waals surface area contributed by atoms with Crippen LogP contribution in [0.1, 0.15) is 27.7 Å². The third kappa shape index (κ3) is 1.78. The molecule has 0 aromatic rings. The Morgan fingerprint density at radius 2 is 2.08 bits per heavy atom. The molecule has 0 spiro atoms. The summed E-state index contributed by atoms with van der Waals surface area (Å²) < 4.78 is 0. The van der Waals surface area contributed by atoms with Gasteiger partial charge in [-0.3, -0.25) is 4.79 Å². The molecule has 3 nitrogen and oxygen atoms in total. The summed E-state index contributed by atoms with van der Waals surface area (Å²) in [5.74, 6) is 0.602. The van der Waals surface area contributed by atoms with Gasteiger partial charge in [-0.2, -0.15) is 0 Å². The van der Waals surface area contributed by atoms with Crippen LogP contribution in [0.3, 0.4) is 0 Å². The smallest absolute Gasteiger partial charge is 0.240 e. The minimum atomic E-state index is -0.397. The van der Waals surface area contributed by atoms with Gasteiger partial charge < -0.3 is 10.6 Å². The third-order valence-corrected chi connectivity index (χ3v) is 2.45. The highest BCUT2D eigenvalue weighted by Gasteiger charge is 2.34. The zero-order chi connectivity index (χ0) is 9.35. The maximum atomic E-state index is 11.5. The quantitative estimate of drug-likeness (QED) is 0.602. The van der Waals surface area contributed by atoms with Crippen LogP contribution in [-0.4, -0.2) is 24.0 Å². The van der Waals surface area contributed by atoms with Gasteiger partial charge in [0.25, 0.3) is 0 Å². The Balaban J connectivity index is 2.58. The van der Waals surface area contributed by atoms with Crippen molar-refractivity contribution in [2.24, 2.45) is 5.92 Å². The number of carbonyl (C=O) groups is 1. The molecular weight excluding hydrogens is 152 g/mol. The Morgan fingerprint density at radius 1 is 1.50 bits per heavy atom. The average molecular weight is 170 g/mol. The third-order valence-electron chi connectivity index (χ3n) is 2.45. The summed E-state index contributed by atoms with van der Waals surface area (Å²) in [4.78, 5) is 11.5. The number of carbonyl (C=O) groups excluding carboxylic acids is 1. The van der Waals surface area contributed by atoms with Crippen LogP contribution in [-0.2, 0) is 4.79 Å². The van der Waals surface area contributed by atoms with E-state index >= 15 is 0 Å². The van der Waals surface area contributed by atoms with Crippen LogP contribution in [0.4, 0.5) is 0 Å². The summed E-state index contributed by atoms with van der Waals surface area (Å²) in [7, 11) is 0. The van der Waals surface area contributed by atoms with Gasteiger partial charge in [-0.15, -0.1) is 0 Å². The molecule has 1 rings (SSSR count). The molecule has 2 N–H and O–H groups in total. The van der Waals surface area contributed by atoms with E-state index in [1.165, 1.54) is 0 Å². The van der Waals surface area contributed by atoms with Crippen molar-refractivity contribution in [3.8, 4) is 0 Å². The molecule has 1 atom stereocenters. The van der Waals surface area contributed by atoms with Crippen LogP contribution in [0, 0.1) is 5.92 Å². The van der Waals surface area contributed by atoms with Gasteiger partial charge in [-0.1, -0.05) is 13.8 Å². The van der Waals surface area contributed by atoms with Crippen LogP contribution < -0.4 is 10.6 Å². The number of amides is 1. The predicted molar refractivity (Wildman–Crippen MR) is 48.9 cm³/mol. The molecule has 0 aliphatic carbocycles. The Kier molecular flexibility index (Phi) is 2.42. The highest BCUT2D eigenvalue weighted by atomic mass is 16.2. The molecule has 3 heteroatoms. The van der Waals surface area contributed by atoms with E-state index in [1.807, 2.05) is 13.8 Å². The molecular formula is C9H18N2O. The highest BCUT2D eigenvalue weighted by Crippen LogP contribution is 2.11. The summed E-state index contributed by atoms with van der Waals surface area (Å²) in [6.07, 6.45) is 0. The number of rotatable bonds is 1. The number of nitrogens with one attached hydrogen (secondary N) is 2. The van der Waals surface area contributed by atoms with E-state index in [-0.39, 0.29) is 11.9 Å². The first-order valence-electron chi connectivity index (χ1n) is 4.49. The van der Waals surface area contributed by atoms with Crippen molar-refractivity contribution < 1.29 is 4.79 Å². The second kappa shape index (κ2) is 3.05. The molecule has 70 valence electrons.